The van der Waals surface area contributed by atoms with Gasteiger partial charge in [-0.05, 0) is 0 Å². The maximum Gasteiger partial charge on any atom is 0.227 e. The molecule has 0 saturated heterocycles. The lowest BCUT2D eigenvalue weighted by Gasteiger charge is -2.17. The van der Waals surface area contributed by atoms with E-state index < -0.39 is 0 Å². The highest BCUT2D eigenvalue weighted by atomic mass is 16.5. The van der Waals surface area contributed by atoms with Gasteiger partial charge < -0.3 is 4.74 Å². The Hall–Kier alpha value is -1.12. The van der Waals surface area contributed by atoms with E-state index in [-0.39, 0.29) is 5.41 Å². The fourth-order valence-corrected chi connectivity index (χ4v) is 0.529. The van der Waals surface area contributed by atoms with Gasteiger partial charge in [0.25, 0.3) is 0 Å². The minimum atomic E-state index is -0.0108. The van der Waals surface area contributed by atoms with Gasteiger partial charge in [0.15, 0.2) is 0 Å². The zero-order chi connectivity index (χ0) is 10.5. The first kappa shape index (κ1) is 11.9. The number of methoxy groups -OCH3 is 1. The first-order valence-electron chi connectivity index (χ1n) is 4.16. The molecule has 0 atom stereocenters. The number of rotatable bonds is 2. The number of ether oxygens (including phenoxy) is 1. The molecule has 13 heavy (non-hydrogen) atoms. The van der Waals surface area contributed by atoms with Crippen molar-refractivity contribution < 1.29 is 4.74 Å². The molecule has 0 unspecified atom stereocenters. The van der Waals surface area contributed by atoms with E-state index in [4.69, 9.17) is 4.74 Å². The van der Waals surface area contributed by atoms with E-state index in [1.807, 2.05) is 0 Å². The van der Waals surface area contributed by atoms with E-state index in [2.05, 4.69) is 37.3 Å². The Kier molecular flexibility index (Phi) is 4.38. The summed E-state index contributed by atoms with van der Waals surface area (Å²) in [6.45, 7) is 10.0. The summed E-state index contributed by atoms with van der Waals surface area (Å²) in [5, 5.41) is 0. The quantitative estimate of drug-likeness (QED) is 0.476. The van der Waals surface area contributed by atoms with Gasteiger partial charge in [0.2, 0.25) is 5.90 Å². The molecule has 0 aromatic carbocycles. The number of allylic oxidation sites excluding steroid dienone is 1. The molecule has 0 aliphatic heterocycles. The van der Waals surface area contributed by atoms with Crippen molar-refractivity contribution in [2.75, 3.05) is 14.2 Å². The van der Waals surface area contributed by atoms with Crippen LogP contribution in [0.15, 0.2) is 22.3 Å². The summed E-state index contributed by atoms with van der Waals surface area (Å²) in [6.07, 6.45) is 1.58. The summed E-state index contributed by atoms with van der Waals surface area (Å²) in [5.74, 6) is 0.505. The number of hydrogen-bond acceptors (Lipinski definition) is 3. The smallest absolute Gasteiger partial charge is 0.227 e. The molecular weight excluding hydrogens is 164 g/mol. The lowest BCUT2D eigenvalue weighted by molar-refractivity contribution is 0.411. The molecule has 0 spiro atoms. The predicted molar refractivity (Wildman–Crippen MR) is 57.5 cm³/mol. The zero-order valence-corrected chi connectivity index (χ0v) is 9.09. The van der Waals surface area contributed by atoms with Gasteiger partial charge in [-0.15, -0.1) is 0 Å². The molecule has 0 aromatic rings. The van der Waals surface area contributed by atoms with E-state index in [9.17, 15) is 0 Å². The van der Waals surface area contributed by atoms with Crippen LogP contribution in [0.3, 0.4) is 0 Å². The zero-order valence-electron chi connectivity index (χ0n) is 9.09. The van der Waals surface area contributed by atoms with Gasteiger partial charge in [0.05, 0.1) is 13.3 Å². The Morgan fingerprint density at radius 2 is 1.92 bits per heavy atom. The second kappa shape index (κ2) is 4.80. The number of aliphatic imine (C=N–C) groups is 2. The Bertz CT molecular complexity index is 234. The summed E-state index contributed by atoms with van der Waals surface area (Å²) in [5.41, 5.74) is 0.800. The van der Waals surface area contributed by atoms with Gasteiger partial charge in [-0.25, -0.2) is 0 Å². The minimum absolute atomic E-state index is 0.0108. The van der Waals surface area contributed by atoms with E-state index in [0.717, 1.165) is 5.70 Å². The highest BCUT2D eigenvalue weighted by molar-refractivity contribution is 6.26. The highest BCUT2D eigenvalue weighted by Gasteiger charge is 2.13. The Balaban J connectivity index is 4.37. The molecule has 0 heterocycles. The highest BCUT2D eigenvalue weighted by Crippen LogP contribution is 2.23. The van der Waals surface area contributed by atoms with Crippen LogP contribution < -0.4 is 0 Å². The third-order valence-corrected chi connectivity index (χ3v) is 1.63. The molecule has 74 valence electrons. The normalized spacial score (nSPS) is 13.5. The van der Waals surface area contributed by atoms with Gasteiger partial charge >= 0.3 is 0 Å². The van der Waals surface area contributed by atoms with E-state index in [1.54, 1.807) is 20.4 Å². The lowest BCUT2D eigenvalue weighted by atomic mass is 9.93. The molecule has 0 N–H and O–H groups in total. The van der Waals surface area contributed by atoms with Crippen LogP contribution in [-0.4, -0.2) is 26.3 Å². The van der Waals surface area contributed by atoms with Gasteiger partial charge in [0.1, 0.15) is 0 Å². The topological polar surface area (TPSA) is 34.0 Å². The molecule has 0 radical (unpaired) electrons. The van der Waals surface area contributed by atoms with Crippen LogP contribution in [0, 0.1) is 5.41 Å². The maximum atomic E-state index is 4.92. The van der Waals surface area contributed by atoms with Crippen molar-refractivity contribution in [1.82, 2.24) is 0 Å². The van der Waals surface area contributed by atoms with Crippen molar-refractivity contribution in [2.24, 2.45) is 15.4 Å². The number of nitrogens with zero attached hydrogens (tertiary/aromatic N) is 2. The molecule has 0 fully saturated rings. The van der Waals surface area contributed by atoms with Gasteiger partial charge in [-0.2, -0.15) is 0 Å². The predicted octanol–water partition coefficient (Wildman–Crippen LogP) is 2.29. The molecule has 0 amide bonds. The summed E-state index contributed by atoms with van der Waals surface area (Å²) in [4.78, 5) is 8.03. The maximum absolute atomic E-state index is 4.92. The molecule has 0 aliphatic carbocycles. The fourth-order valence-electron chi connectivity index (χ4n) is 0.529. The van der Waals surface area contributed by atoms with E-state index >= 15 is 0 Å². The van der Waals surface area contributed by atoms with Crippen molar-refractivity contribution in [3.8, 4) is 0 Å². The van der Waals surface area contributed by atoms with Crippen molar-refractivity contribution in [3.05, 3.63) is 12.3 Å². The first-order chi connectivity index (χ1) is 5.91. The van der Waals surface area contributed by atoms with Crippen LogP contribution in [0.4, 0.5) is 0 Å². The van der Waals surface area contributed by atoms with Crippen molar-refractivity contribution in [2.45, 2.75) is 20.8 Å². The van der Waals surface area contributed by atoms with Gasteiger partial charge in [-0.3, -0.25) is 9.98 Å². The molecule has 3 nitrogen and oxygen atoms in total. The summed E-state index contributed by atoms with van der Waals surface area (Å²) in [7, 11) is 3.22. The molecule has 0 rings (SSSR count). The molecule has 3 heteroatoms. The van der Waals surface area contributed by atoms with Crippen molar-refractivity contribution >= 4 is 12.1 Å². The molecule has 0 saturated carbocycles. The van der Waals surface area contributed by atoms with Crippen LogP contribution in [0.1, 0.15) is 20.8 Å². The summed E-state index contributed by atoms with van der Waals surface area (Å²) in [6, 6.07) is 0. The molecule has 0 aliphatic rings. The summed E-state index contributed by atoms with van der Waals surface area (Å²) >= 11 is 0. The van der Waals surface area contributed by atoms with Crippen LogP contribution >= 0.6 is 0 Å². The monoisotopic (exact) mass is 182 g/mol. The average Bonchev–Trinajstić information content (AvgIpc) is 2.04. The average molecular weight is 182 g/mol. The summed E-state index contributed by atoms with van der Waals surface area (Å²) < 4.78 is 4.92. The Morgan fingerprint density at radius 1 is 1.38 bits per heavy atom. The molecular formula is C10H18N2O. The molecule has 0 bridgehead atoms. The second-order valence-electron chi connectivity index (χ2n) is 3.72. The van der Waals surface area contributed by atoms with Crippen molar-refractivity contribution in [3.63, 3.8) is 0 Å². The first-order valence-corrected chi connectivity index (χ1v) is 4.16. The minimum Gasteiger partial charge on any atom is -0.480 e. The Labute approximate surface area is 80.2 Å². The van der Waals surface area contributed by atoms with E-state index in [0.29, 0.717) is 5.90 Å². The van der Waals surface area contributed by atoms with E-state index in [1.165, 1.54) is 0 Å². The van der Waals surface area contributed by atoms with Gasteiger partial charge in [-0.1, -0.05) is 27.4 Å². The van der Waals surface area contributed by atoms with Crippen LogP contribution in [0.2, 0.25) is 0 Å². The lowest BCUT2D eigenvalue weighted by Crippen LogP contribution is -2.09. The third kappa shape index (κ3) is 4.45. The third-order valence-electron chi connectivity index (χ3n) is 1.63. The number of hydrogen-bond donors (Lipinski definition) is 0. The van der Waals surface area contributed by atoms with Crippen molar-refractivity contribution in [1.29, 1.82) is 0 Å². The fraction of sp³-hybridized carbons (Fsp3) is 0.600. The standard InChI is InChI=1S/C10H18N2O/c1-8(10(2,3)4)12-7-9(11-5)13-6/h7H,1H2,2-6H3. The van der Waals surface area contributed by atoms with Gasteiger partial charge in [0, 0.05) is 18.2 Å². The Morgan fingerprint density at radius 3 is 2.23 bits per heavy atom. The molecule has 0 aromatic heterocycles. The SMILES string of the molecule is C=C(N=CC(=NC)OC)C(C)(C)C. The van der Waals surface area contributed by atoms with Crippen LogP contribution in [-0.2, 0) is 4.74 Å². The van der Waals surface area contributed by atoms with Crippen LogP contribution in [0.25, 0.3) is 0 Å². The largest absolute Gasteiger partial charge is 0.480 e. The van der Waals surface area contributed by atoms with Crippen LogP contribution in [0.5, 0.6) is 0 Å². The second-order valence-corrected chi connectivity index (χ2v) is 3.72.